The fourth-order valence-electron chi connectivity index (χ4n) is 3.09. The predicted octanol–water partition coefficient (Wildman–Crippen LogP) is 2.91. The van der Waals surface area contributed by atoms with Crippen molar-refractivity contribution < 1.29 is 14.3 Å². The standard InChI is InChI=1S/C19H19N3O3S/c1-24-13-3-4-15-17(11-13)26-19(21-15)14-10-12(18(20)23)2-5-16(14)22-6-8-25-9-7-22/h2-5,10-11H,6-9H2,1H3,(H2,20,23). The van der Waals surface area contributed by atoms with Crippen LogP contribution in [0.1, 0.15) is 10.4 Å². The molecule has 2 N–H and O–H groups in total. The number of fused-ring (bicyclic) bond motifs is 1. The normalized spacial score (nSPS) is 14.6. The van der Waals surface area contributed by atoms with Crippen molar-refractivity contribution in [2.24, 2.45) is 5.73 Å². The number of hydrogen-bond donors (Lipinski definition) is 1. The van der Waals surface area contributed by atoms with Crippen LogP contribution in [0.2, 0.25) is 0 Å². The number of primary amides is 1. The average molecular weight is 369 g/mol. The summed E-state index contributed by atoms with van der Waals surface area (Å²) in [5.41, 5.74) is 8.85. The van der Waals surface area contributed by atoms with Gasteiger partial charge in [-0.3, -0.25) is 4.79 Å². The molecular formula is C19H19N3O3S. The van der Waals surface area contributed by atoms with Crippen LogP contribution in [0.5, 0.6) is 5.75 Å². The van der Waals surface area contributed by atoms with Gasteiger partial charge in [0.05, 0.1) is 30.5 Å². The lowest BCUT2D eigenvalue weighted by Crippen LogP contribution is -2.36. The smallest absolute Gasteiger partial charge is 0.248 e. The molecule has 134 valence electrons. The van der Waals surface area contributed by atoms with Crippen LogP contribution >= 0.6 is 11.3 Å². The highest BCUT2D eigenvalue weighted by Gasteiger charge is 2.19. The molecular weight excluding hydrogens is 350 g/mol. The van der Waals surface area contributed by atoms with Gasteiger partial charge >= 0.3 is 0 Å². The fourth-order valence-corrected chi connectivity index (χ4v) is 4.11. The van der Waals surface area contributed by atoms with Gasteiger partial charge in [0.25, 0.3) is 0 Å². The van der Waals surface area contributed by atoms with Crippen molar-refractivity contribution in [1.82, 2.24) is 4.98 Å². The summed E-state index contributed by atoms with van der Waals surface area (Å²) in [7, 11) is 1.65. The Morgan fingerprint density at radius 1 is 1.23 bits per heavy atom. The number of ether oxygens (including phenoxy) is 2. The summed E-state index contributed by atoms with van der Waals surface area (Å²) in [6, 6.07) is 11.4. The van der Waals surface area contributed by atoms with Crippen molar-refractivity contribution in [2.45, 2.75) is 0 Å². The van der Waals surface area contributed by atoms with E-state index in [1.165, 1.54) is 0 Å². The minimum absolute atomic E-state index is 0.442. The molecule has 2 heterocycles. The minimum Gasteiger partial charge on any atom is -0.497 e. The first-order valence-corrected chi connectivity index (χ1v) is 9.19. The van der Waals surface area contributed by atoms with Crippen LogP contribution in [0.3, 0.4) is 0 Å². The largest absolute Gasteiger partial charge is 0.497 e. The van der Waals surface area contributed by atoms with Crippen molar-refractivity contribution >= 4 is 33.1 Å². The number of benzene rings is 2. The van der Waals surface area contributed by atoms with E-state index in [1.807, 2.05) is 30.3 Å². The summed E-state index contributed by atoms with van der Waals surface area (Å²) < 4.78 is 11.8. The van der Waals surface area contributed by atoms with Gasteiger partial charge < -0.3 is 20.1 Å². The maximum absolute atomic E-state index is 11.7. The van der Waals surface area contributed by atoms with Gasteiger partial charge in [0.15, 0.2) is 0 Å². The van der Waals surface area contributed by atoms with E-state index in [0.29, 0.717) is 18.8 Å². The van der Waals surface area contributed by atoms with E-state index in [9.17, 15) is 4.79 Å². The number of nitrogens with zero attached hydrogens (tertiary/aromatic N) is 2. The third kappa shape index (κ3) is 3.11. The lowest BCUT2D eigenvalue weighted by atomic mass is 10.1. The summed E-state index contributed by atoms with van der Waals surface area (Å²) in [4.78, 5) is 18.7. The van der Waals surface area contributed by atoms with E-state index >= 15 is 0 Å². The first-order valence-electron chi connectivity index (χ1n) is 8.37. The Balaban J connectivity index is 1.84. The van der Waals surface area contributed by atoms with Gasteiger partial charge in [0.1, 0.15) is 10.8 Å². The van der Waals surface area contributed by atoms with Crippen molar-refractivity contribution in [1.29, 1.82) is 0 Å². The second kappa shape index (κ2) is 6.93. The molecule has 1 aromatic heterocycles. The summed E-state index contributed by atoms with van der Waals surface area (Å²) in [5.74, 6) is 0.356. The van der Waals surface area contributed by atoms with Gasteiger partial charge in [-0.15, -0.1) is 11.3 Å². The Hall–Kier alpha value is -2.64. The number of amides is 1. The third-order valence-corrected chi connectivity index (χ3v) is 5.51. The monoisotopic (exact) mass is 369 g/mol. The number of rotatable bonds is 4. The number of hydrogen-bond acceptors (Lipinski definition) is 6. The van der Waals surface area contributed by atoms with Crippen LogP contribution in [-0.2, 0) is 4.74 Å². The number of nitrogens with two attached hydrogens (primary N) is 1. The fraction of sp³-hybridized carbons (Fsp3) is 0.263. The third-order valence-electron chi connectivity index (χ3n) is 4.46. The maximum atomic E-state index is 11.7. The highest BCUT2D eigenvalue weighted by Crippen LogP contribution is 2.38. The van der Waals surface area contributed by atoms with Crippen LogP contribution in [0.15, 0.2) is 36.4 Å². The quantitative estimate of drug-likeness (QED) is 0.765. The number of thiazole rings is 1. The van der Waals surface area contributed by atoms with Crippen LogP contribution in [0, 0.1) is 0 Å². The molecule has 4 rings (SSSR count). The van der Waals surface area contributed by atoms with Crippen molar-refractivity contribution in [3.8, 4) is 16.3 Å². The van der Waals surface area contributed by atoms with Crippen LogP contribution in [0.25, 0.3) is 20.8 Å². The topological polar surface area (TPSA) is 77.7 Å². The average Bonchev–Trinajstić information content (AvgIpc) is 3.11. The van der Waals surface area contributed by atoms with Gasteiger partial charge in [-0.2, -0.15) is 0 Å². The van der Waals surface area contributed by atoms with E-state index in [1.54, 1.807) is 24.5 Å². The van der Waals surface area contributed by atoms with Gasteiger partial charge in [-0.25, -0.2) is 4.98 Å². The molecule has 6 nitrogen and oxygen atoms in total. The molecule has 7 heteroatoms. The van der Waals surface area contributed by atoms with E-state index in [4.69, 9.17) is 20.2 Å². The molecule has 1 aliphatic rings. The molecule has 1 amide bonds. The Labute approximate surface area is 155 Å². The number of carbonyl (C=O) groups excluding carboxylic acids is 1. The van der Waals surface area contributed by atoms with Gasteiger partial charge in [-0.05, 0) is 36.4 Å². The van der Waals surface area contributed by atoms with Gasteiger partial charge in [-0.1, -0.05) is 0 Å². The second-order valence-corrected chi connectivity index (χ2v) is 7.08. The Kier molecular flexibility index (Phi) is 4.48. The molecule has 0 bridgehead atoms. The Morgan fingerprint density at radius 3 is 2.77 bits per heavy atom. The number of morpholine rings is 1. The molecule has 0 aliphatic carbocycles. The predicted molar refractivity (Wildman–Crippen MR) is 103 cm³/mol. The lowest BCUT2D eigenvalue weighted by Gasteiger charge is -2.30. The molecule has 0 spiro atoms. The Morgan fingerprint density at radius 2 is 2.04 bits per heavy atom. The molecule has 26 heavy (non-hydrogen) atoms. The molecule has 1 fully saturated rings. The van der Waals surface area contributed by atoms with Crippen LogP contribution in [-0.4, -0.2) is 44.3 Å². The number of anilines is 1. The molecule has 3 aromatic rings. The number of methoxy groups -OCH3 is 1. The van der Waals surface area contributed by atoms with Crippen LogP contribution in [0.4, 0.5) is 5.69 Å². The zero-order valence-corrected chi connectivity index (χ0v) is 15.2. The Bertz CT molecular complexity index is 964. The zero-order valence-electron chi connectivity index (χ0n) is 14.4. The van der Waals surface area contributed by atoms with Crippen LogP contribution < -0.4 is 15.4 Å². The highest BCUT2D eigenvalue weighted by atomic mass is 32.1. The maximum Gasteiger partial charge on any atom is 0.248 e. The number of carbonyl (C=O) groups is 1. The van der Waals surface area contributed by atoms with Crippen molar-refractivity contribution in [3.05, 3.63) is 42.0 Å². The summed E-state index contributed by atoms with van der Waals surface area (Å²) >= 11 is 1.58. The lowest BCUT2D eigenvalue weighted by molar-refractivity contribution is 0.1000. The molecule has 2 aromatic carbocycles. The first kappa shape index (κ1) is 16.8. The highest BCUT2D eigenvalue weighted by molar-refractivity contribution is 7.21. The van der Waals surface area contributed by atoms with Gasteiger partial charge in [0.2, 0.25) is 5.91 Å². The van der Waals surface area contributed by atoms with E-state index < -0.39 is 5.91 Å². The molecule has 0 radical (unpaired) electrons. The first-order chi connectivity index (χ1) is 12.7. The van der Waals surface area contributed by atoms with Gasteiger partial charge in [0, 0.05) is 29.9 Å². The van der Waals surface area contributed by atoms with Crippen molar-refractivity contribution in [3.63, 3.8) is 0 Å². The summed E-state index contributed by atoms with van der Waals surface area (Å²) in [5, 5.41) is 0.859. The summed E-state index contributed by atoms with van der Waals surface area (Å²) in [6.45, 7) is 2.99. The molecule has 0 unspecified atom stereocenters. The minimum atomic E-state index is -0.442. The number of aromatic nitrogens is 1. The van der Waals surface area contributed by atoms with Crippen molar-refractivity contribution in [2.75, 3.05) is 38.3 Å². The molecule has 0 atom stereocenters. The SMILES string of the molecule is COc1ccc2nc(-c3cc(C(N)=O)ccc3N3CCOCC3)sc2c1. The molecule has 1 aliphatic heterocycles. The zero-order chi connectivity index (χ0) is 18.1. The van der Waals surface area contributed by atoms with E-state index in [-0.39, 0.29) is 0 Å². The molecule has 0 saturated carbocycles. The summed E-state index contributed by atoms with van der Waals surface area (Å²) in [6.07, 6.45) is 0. The molecule has 1 saturated heterocycles. The second-order valence-electron chi connectivity index (χ2n) is 6.05. The van der Waals surface area contributed by atoms with E-state index in [2.05, 4.69) is 4.90 Å². The van der Waals surface area contributed by atoms with E-state index in [0.717, 1.165) is 45.3 Å².